The highest BCUT2D eigenvalue weighted by Crippen LogP contribution is 2.24. The third-order valence-corrected chi connectivity index (χ3v) is 6.76. The number of fused-ring (bicyclic) bond motifs is 1. The van der Waals surface area contributed by atoms with E-state index in [1.54, 1.807) is 36.6 Å². The van der Waals surface area contributed by atoms with E-state index < -0.39 is 5.91 Å². The first-order chi connectivity index (χ1) is 15.9. The number of rotatable bonds is 5. The number of piperidine rings is 1. The van der Waals surface area contributed by atoms with E-state index in [9.17, 15) is 9.59 Å². The molecule has 4 rings (SSSR count). The molecule has 2 aliphatic rings. The maximum atomic E-state index is 12.2. The van der Waals surface area contributed by atoms with Gasteiger partial charge in [0.1, 0.15) is 0 Å². The summed E-state index contributed by atoms with van der Waals surface area (Å²) in [6.45, 7) is 3.89. The summed E-state index contributed by atoms with van der Waals surface area (Å²) in [5.74, 6) is -0.497. The van der Waals surface area contributed by atoms with E-state index >= 15 is 0 Å². The van der Waals surface area contributed by atoms with Gasteiger partial charge in [-0.1, -0.05) is 23.7 Å². The van der Waals surface area contributed by atoms with Gasteiger partial charge in [-0.2, -0.15) is 0 Å². The molecule has 0 spiro atoms. The third kappa shape index (κ3) is 7.53. The maximum Gasteiger partial charge on any atom is 0.280 e. The van der Waals surface area contributed by atoms with Crippen LogP contribution in [0.15, 0.2) is 30.0 Å². The highest BCUT2D eigenvalue weighted by atomic mass is 35.5. The Bertz CT molecular complexity index is 1000. The van der Waals surface area contributed by atoms with Gasteiger partial charge < -0.3 is 26.6 Å². The topological polar surface area (TPSA) is 112 Å². The molecule has 2 aliphatic heterocycles. The largest absolute Gasteiger partial charge is 0.384 e. The van der Waals surface area contributed by atoms with Crippen molar-refractivity contribution in [3.63, 3.8) is 0 Å². The van der Waals surface area contributed by atoms with Gasteiger partial charge in [0.2, 0.25) is 0 Å². The number of carbonyl (C=O) groups excluding carboxylic acids is 2. The lowest BCUT2D eigenvalue weighted by molar-refractivity contribution is -0.114. The van der Waals surface area contributed by atoms with Crippen LogP contribution in [0.3, 0.4) is 0 Å². The number of nitrogens with zero attached hydrogens (tertiary/aromatic N) is 2. The average Bonchev–Trinajstić information content (AvgIpc) is 3.22. The number of nitrogens with one attached hydrogen (secondary N) is 3. The van der Waals surface area contributed by atoms with Crippen molar-refractivity contribution in [2.24, 2.45) is 5.73 Å². The number of thiazole rings is 1. The molecule has 2 amide bonds. The highest BCUT2D eigenvalue weighted by molar-refractivity contribution is 7.13. The monoisotopic (exact) mass is 490 g/mol. The van der Waals surface area contributed by atoms with Crippen molar-refractivity contribution in [1.82, 2.24) is 25.8 Å². The molecule has 1 aromatic heterocycles. The van der Waals surface area contributed by atoms with Crippen LogP contribution in [-0.2, 0) is 17.8 Å². The molecule has 1 aromatic carbocycles. The van der Waals surface area contributed by atoms with E-state index in [0.717, 1.165) is 56.7 Å². The Morgan fingerprint density at radius 2 is 2.21 bits per heavy atom. The Morgan fingerprint density at radius 3 is 2.88 bits per heavy atom. The molecule has 8 nitrogen and oxygen atoms in total. The van der Waals surface area contributed by atoms with Crippen molar-refractivity contribution >= 4 is 40.8 Å². The fraction of sp³-hybridized carbons (Fsp3) is 0.435. The summed E-state index contributed by atoms with van der Waals surface area (Å²) in [5, 5.41) is 10.4. The van der Waals surface area contributed by atoms with Crippen LogP contribution in [-0.4, -0.2) is 61.5 Å². The van der Waals surface area contributed by atoms with Crippen LogP contribution >= 0.6 is 22.9 Å². The second kappa shape index (κ2) is 12.1. The number of benzene rings is 1. The Balaban J connectivity index is 0.000000196. The normalized spacial score (nSPS) is 18.5. The van der Waals surface area contributed by atoms with Crippen molar-refractivity contribution in [3.8, 4) is 0 Å². The lowest BCUT2D eigenvalue weighted by Gasteiger charge is -2.23. The predicted molar refractivity (Wildman–Crippen MR) is 133 cm³/mol. The molecule has 0 bridgehead atoms. The number of halogens is 1. The molecule has 1 saturated heterocycles. The molecule has 5 N–H and O–H groups in total. The first-order valence-corrected chi connectivity index (χ1v) is 12.2. The lowest BCUT2D eigenvalue weighted by atomic mass is 10.1. The van der Waals surface area contributed by atoms with Gasteiger partial charge in [-0.3, -0.25) is 9.59 Å². The molecule has 33 heavy (non-hydrogen) atoms. The summed E-state index contributed by atoms with van der Waals surface area (Å²) in [5.41, 5.74) is 7.44. The zero-order valence-corrected chi connectivity index (χ0v) is 20.6. The van der Waals surface area contributed by atoms with Gasteiger partial charge >= 0.3 is 0 Å². The highest BCUT2D eigenvalue weighted by Gasteiger charge is 2.23. The molecule has 3 heterocycles. The van der Waals surface area contributed by atoms with E-state index in [1.807, 2.05) is 12.1 Å². The standard InChI is InChI=1S/C13H20N4OS.C10H11ClN2O/c1-17-6-4-10-11(8-17)19-13(16-10)12(18)15-9-3-2-5-14-7-9;1-13-9(10(12)14)6-7-3-2-4-8(11)5-7/h9,14H,2-8H2,1H3,(H,15,18);2-6,13H,1H3,(H2,12,14)/b;9-6-/t9-;/m0./s1. The van der Waals surface area contributed by atoms with E-state index in [-0.39, 0.29) is 11.9 Å². The molecule has 0 saturated carbocycles. The van der Waals surface area contributed by atoms with Crippen LogP contribution in [0, 0.1) is 0 Å². The van der Waals surface area contributed by atoms with Crippen molar-refractivity contribution in [2.75, 3.05) is 33.7 Å². The number of hydrogen-bond donors (Lipinski definition) is 4. The van der Waals surface area contributed by atoms with Gasteiger partial charge in [0.15, 0.2) is 5.01 Å². The van der Waals surface area contributed by atoms with Crippen molar-refractivity contribution in [3.05, 3.63) is 56.1 Å². The number of nitrogens with two attached hydrogens (primary N) is 1. The second-order valence-corrected chi connectivity index (χ2v) is 9.64. The van der Waals surface area contributed by atoms with Gasteiger partial charge in [-0.15, -0.1) is 11.3 Å². The Labute approximate surface area is 203 Å². The first kappa shape index (κ1) is 25.2. The fourth-order valence-corrected chi connectivity index (χ4v) is 4.96. The minimum absolute atomic E-state index is 0.00393. The minimum Gasteiger partial charge on any atom is -0.384 e. The molecule has 1 fully saturated rings. The zero-order valence-electron chi connectivity index (χ0n) is 19.0. The van der Waals surface area contributed by atoms with Gasteiger partial charge in [0, 0.05) is 49.0 Å². The van der Waals surface area contributed by atoms with Gasteiger partial charge in [-0.05, 0) is 50.2 Å². The third-order valence-electron chi connectivity index (χ3n) is 5.44. The summed E-state index contributed by atoms with van der Waals surface area (Å²) in [4.78, 5) is 31.1. The SMILES string of the molecule is CN/C(=C\c1cccc(Cl)c1)C(N)=O.CN1CCc2nc(C(=O)N[C@H]3CCCNC3)sc2C1. The smallest absolute Gasteiger partial charge is 0.280 e. The maximum absolute atomic E-state index is 12.2. The average molecular weight is 491 g/mol. The molecule has 1 atom stereocenters. The number of hydrogen-bond acceptors (Lipinski definition) is 7. The molecule has 0 radical (unpaired) electrons. The van der Waals surface area contributed by atoms with Crippen molar-refractivity contribution < 1.29 is 9.59 Å². The lowest BCUT2D eigenvalue weighted by Crippen LogP contribution is -2.45. The first-order valence-electron chi connectivity index (χ1n) is 11.0. The summed E-state index contributed by atoms with van der Waals surface area (Å²) < 4.78 is 0. The molecule has 10 heteroatoms. The second-order valence-electron chi connectivity index (χ2n) is 8.12. The zero-order chi connectivity index (χ0) is 23.8. The number of primary amides is 1. The number of aromatic nitrogens is 1. The van der Waals surface area contributed by atoms with Crippen molar-refractivity contribution in [1.29, 1.82) is 0 Å². The van der Waals surface area contributed by atoms with Crippen LogP contribution < -0.4 is 21.7 Å². The minimum atomic E-state index is -0.493. The summed E-state index contributed by atoms with van der Waals surface area (Å²) in [6.07, 6.45) is 4.80. The Hall–Kier alpha value is -2.46. The fourth-order valence-electron chi connectivity index (χ4n) is 3.67. The molecular formula is C23H31ClN6O2S. The van der Waals surface area contributed by atoms with Gasteiger partial charge in [-0.25, -0.2) is 4.98 Å². The van der Waals surface area contributed by atoms with Crippen LogP contribution in [0.25, 0.3) is 6.08 Å². The van der Waals surface area contributed by atoms with Crippen LogP contribution in [0.5, 0.6) is 0 Å². The van der Waals surface area contributed by atoms with Crippen LogP contribution in [0.2, 0.25) is 5.02 Å². The molecule has 178 valence electrons. The van der Waals surface area contributed by atoms with Crippen molar-refractivity contribution in [2.45, 2.75) is 31.8 Å². The number of carbonyl (C=O) groups is 2. The number of likely N-dealkylation sites (N-methyl/N-ethyl adjacent to an activating group) is 2. The molecular weight excluding hydrogens is 460 g/mol. The van der Waals surface area contributed by atoms with E-state index in [2.05, 4.69) is 32.9 Å². The van der Waals surface area contributed by atoms with E-state index in [0.29, 0.717) is 15.7 Å². The summed E-state index contributed by atoms with van der Waals surface area (Å²) >= 11 is 7.34. The molecule has 0 aliphatic carbocycles. The Kier molecular flexibility index (Phi) is 9.25. The molecule has 2 aromatic rings. The molecule has 0 unspecified atom stereocenters. The quantitative estimate of drug-likeness (QED) is 0.477. The Morgan fingerprint density at radius 1 is 1.39 bits per heavy atom. The van der Waals surface area contributed by atoms with E-state index in [1.165, 1.54) is 4.88 Å². The van der Waals surface area contributed by atoms with Gasteiger partial charge in [0.05, 0.1) is 11.4 Å². The van der Waals surface area contributed by atoms with Crippen LogP contribution in [0.4, 0.5) is 0 Å². The van der Waals surface area contributed by atoms with Gasteiger partial charge in [0.25, 0.3) is 11.8 Å². The number of amides is 2. The van der Waals surface area contributed by atoms with E-state index in [4.69, 9.17) is 17.3 Å². The predicted octanol–water partition coefficient (Wildman–Crippen LogP) is 2.00. The summed E-state index contributed by atoms with van der Waals surface area (Å²) in [6, 6.07) is 7.42. The van der Waals surface area contributed by atoms with Crippen LogP contribution in [0.1, 0.15) is 38.8 Å². The summed E-state index contributed by atoms with van der Waals surface area (Å²) in [7, 11) is 3.75.